The summed E-state index contributed by atoms with van der Waals surface area (Å²) < 4.78 is 5.37. The van der Waals surface area contributed by atoms with Gasteiger partial charge in [-0.25, -0.2) is 14.8 Å². The Morgan fingerprint density at radius 3 is 2.10 bits per heavy atom. The normalized spacial score (nSPS) is 10.7. The van der Waals surface area contributed by atoms with Crippen molar-refractivity contribution in [2.24, 2.45) is 0 Å². The number of aryl methyl sites for hydroxylation is 2. The van der Waals surface area contributed by atoms with E-state index in [4.69, 9.17) is 4.74 Å². The highest BCUT2D eigenvalue weighted by Crippen LogP contribution is 2.19. The number of nitrogens with zero attached hydrogens (tertiary/aromatic N) is 2. The van der Waals surface area contributed by atoms with Gasteiger partial charge in [-0.2, -0.15) is 0 Å². The van der Waals surface area contributed by atoms with Crippen LogP contribution in [0.3, 0.4) is 0 Å². The van der Waals surface area contributed by atoms with Crippen molar-refractivity contribution >= 4 is 5.97 Å². The Morgan fingerprint density at radius 1 is 0.793 bits per heavy atom. The molecule has 0 atom stereocenters. The molecule has 2 aromatic carbocycles. The van der Waals surface area contributed by atoms with Crippen LogP contribution in [-0.2, 0) is 12.8 Å². The maximum absolute atomic E-state index is 12.3. The highest BCUT2D eigenvalue weighted by Gasteiger charge is 2.10. The number of carbonyl (C=O) groups excluding carboxylic acids is 1. The Hall–Kier alpha value is -3.01. The molecule has 0 saturated heterocycles. The van der Waals surface area contributed by atoms with E-state index in [-0.39, 0.29) is 5.88 Å². The molecule has 1 aromatic heterocycles. The Kier molecular flexibility index (Phi) is 7.51. The summed E-state index contributed by atoms with van der Waals surface area (Å²) in [6.07, 6.45) is 9.96. The molecule has 0 amide bonds. The number of rotatable bonds is 9. The van der Waals surface area contributed by atoms with Crippen LogP contribution in [0.5, 0.6) is 5.88 Å². The molecule has 4 heteroatoms. The minimum Gasteiger partial charge on any atom is -0.402 e. The van der Waals surface area contributed by atoms with Gasteiger partial charge in [-0.3, -0.25) is 0 Å². The Balaban J connectivity index is 1.59. The van der Waals surface area contributed by atoms with Gasteiger partial charge in [0.05, 0.1) is 23.7 Å². The van der Waals surface area contributed by atoms with Crippen LogP contribution in [0.25, 0.3) is 11.3 Å². The van der Waals surface area contributed by atoms with Gasteiger partial charge in [0.15, 0.2) is 0 Å². The molecule has 0 saturated carbocycles. The number of ether oxygens (including phenoxy) is 1. The number of hydrogen-bond acceptors (Lipinski definition) is 4. The van der Waals surface area contributed by atoms with Crippen molar-refractivity contribution in [1.29, 1.82) is 0 Å². The number of hydrogen-bond donors (Lipinski definition) is 0. The van der Waals surface area contributed by atoms with E-state index in [1.807, 2.05) is 36.4 Å². The molecule has 0 unspecified atom stereocenters. The van der Waals surface area contributed by atoms with Crippen molar-refractivity contribution in [2.75, 3.05) is 0 Å². The Morgan fingerprint density at radius 2 is 1.48 bits per heavy atom. The summed E-state index contributed by atoms with van der Waals surface area (Å²) in [5.41, 5.74) is 4.81. The van der Waals surface area contributed by atoms with Crippen molar-refractivity contribution in [3.05, 3.63) is 77.6 Å². The van der Waals surface area contributed by atoms with Gasteiger partial charge in [0, 0.05) is 5.56 Å². The zero-order valence-electron chi connectivity index (χ0n) is 17.2. The van der Waals surface area contributed by atoms with Crippen LogP contribution in [-0.4, -0.2) is 15.9 Å². The Labute approximate surface area is 173 Å². The summed E-state index contributed by atoms with van der Waals surface area (Å²) in [6.45, 7) is 4.36. The van der Waals surface area contributed by atoms with E-state index in [9.17, 15) is 4.79 Å². The van der Waals surface area contributed by atoms with E-state index >= 15 is 0 Å². The average molecular weight is 389 g/mol. The number of aromatic nitrogens is 2. The second kappa shape index (κ2) is 10.5. The van der Waals surface area contributed by atoms with Crippen molar-refractivity contribution in [1.82, 2.24) is 9.97 Å². The molecule has 0 spiro atoms. The second-order valence-corrected chi connectivity index (χ2v) is 7.23. The lowest BCUT2D eigenvalue weighted by molar-refractivity contribution is 0.0727. The van der Waals surface area contributed by atoms with Gasteiger partial charge in [0.1, 0.15) is 0 Å². The summed E-state index contributed by atoms with van der Waals surface area (Å²) in [7, 11) is 0. The summed E-state index contributed by atoms with van der Waals surface area (Å²) in [5.74, 6) is -0.218. The van der Waals surface area contributed by atoms with E-state index in [0.29, 0.717) is 5.56 Å². The maximum atomic E-state index is 12.3. The van der Waals surface area contributed by atoms with Crippen molar-refractivity contribution < 1.29 is 9.53 Å². The van der Waals surface area contributed by atoms with Crippen LogP contribution < -0.4 is 4.74 Å². The molecule has 3 aromatic rings. The van der Waals surface area contributed by atoms with Crippen molar-refractivity contribution in [2.45, 2.75) is 52.4 Å². The molecule has 29 heavy (non-hydrogen) atoms. The molecule has 4 nitrogen and oxygen atoms in total. The number of benzene rings is 2. The first-order valence-electron chi connectivity index (χ1n) is 10.4. The molecule has 3 rings (SSSR count). The third-order valence-electron chi connectivity index (χ3n) is 4.87. The number of unbranched alkanes of at least 4 members (excludes halogenated alkanes) is 2. The third kappa shape index (κ3) is 5.98. The number of esters is 1. The summed E-state index contributed by atoms with van der Waals surface area (Å²) in [4.78, 5) is 21.0. The zero-order chi connectivity index (χ0) is 20.5. The topological polar surface area (TPSA) is 52.1 Å². The lowest BCUT2D eigenvalue weighted by atomic mass is 10.1. The van der Waals surface area contributed by atoms with Crippen LogP contribution >= 0.6 is 0 Å². The number of carbonyl (C=O) groups is 1. The van der Waals surface area contributed by atoms with Gasteiger partial charge in [0.2, 0.25) is 5.88 Å². The quantitative estimate of drug-likeness (QED) is 0.331. The van der Waals surface area contributed by atoms with Gasteiger partial charge in [-0.1, -0.05) is 69.5 Å². The molecule has 1 heterocycles. The predicted octanol–water partition coefficient (Wildman–Crippen LogP) is 6.05. The SMILES string of the molecule is CCCCCc1ccc(C(=O)Oc2cnc(-c3ccc(CCC)cc3)cn2)cc1. The van der Waals surface area contributed by atoms with E-state index in [1.165, 1.54) is 36.6 Å². The van der Waals surface area contributed by atoms with Crippen molar-refractivity contribution in [3.8, 4) is 17.1 Å². The fourth-order valence-electron chi connectivity index (χ4n) is 3.19. The largest absolute Gasteiger partial charge is 0.402 e. The van der Waals surface area contributed by atoms with Gasteiger partial charge >= 0.3 is 5.97 Å². The monoisotopic (exact) mass is 388 g/mol. The van der Waals surface area contributed by atoms with E-state index in [2.05, 4.69) is 35.9 Å². The molecular formula is C25H28N2O2. The second-order valence-electron chi connectivity index (χ2n) is 7.23. The smallest absolute Gasteiger partial charge is 0.344 e. The van der Waals surface area contributed by atoms with Crippen LogP contribution in [0.2, 0.25) is 0 Å². The highest BCUT2D eigenvalue weighted by atomic mass is 16.5. The molecule has 0 radical (unpaired) electrons. The van der Waals surface area contributed by atoms with Crippen LogP contribution in [0.4, 0.5) is 0 Å². The van der Waals surface area contributed by atoms with Gasteiger partial charge < -0.3 is 4.74 Å². The molecule has 0 aliphatic carbocycles. The van der Waals surface area contributed by atoms with E-state index < -0.39 is 5.97 Å². The summed E-state index contributed by atoms with van der Waals surface area (Å²) >= 11 is 0. The lowest BCUT2D eigenvalue weighted by Crippen LogP contribution is -2.09. The van der Waals surface area contributed by atoms with Gasteiger partial charge in [0.25, 0.3) is 0 Å². The molecule has 0 fully saturated rings. The fraction of sp³-hybridized carbons (Fsp3) is 0.320. The molecule has 0 N–H and O–H groups in total. The molecule has 0 bridgehead atoms. The van der Waals surface area contributed by atoms with Gasteiger partial charge in [-0.05, 0) is 42.5 Å². The van der Waals surface area contributed by atoms with E-state index in [1.54, 1.807) is 6.20 Å². The van der Waals surface area contributed by atoms with Crippen LogP contribution in [0, 0.1) is 0 Å². The first-order valence-corrected chi connectivity index (χ1v) is 10.4. The minimum atomic E-state index is -0.420. The first-order chi connectivity index (χ1) is 14.2. The predicted molar refractivity (Wildman–Crippen MR) is 116 cm³/mol. The molecule has 150 valence electrons. The average Bonchev–Trinajstić information content (AvgIpc) is 2.76. The first kappa shape index (κ1) is 20.7. The van der Waals surface area contributed by atoms with Gasteiger partial charge in [-0.15, -0.1) is 0 Å². The standard InChI is InChI=1S/C25H28N2O2/c1-3-5-6-8-20-11-15-22(16-12-20)25(28)29-24-18-26-23(17-27-24)21-13-9-19(7-4-2)10-14-21/h9-18H,3-8H2,1-2H3. The van der Waals surface area contributed by atoms with Crippen LogP contribution in [0.15, 0.2) is 60.9 Å². The molecule has 0 aliphatic heterocycles. The van der Waals surface area contributed by atoms with Crippen molar-refractivity contribution in [3.63, 3.8) is 0 Å². The fourth-order valence-corrected chi connectivity index (χ4v) is 3.19. The zero-order valence-corrected chi connectivity index (χ0v) is 17.2. The third-order valence-corrected chi connectivity index (χ3v) is 4.87. The summed E-state index contributed by atoms with van der Waals surface area (Å²) in [6, 6.07) is 15.9. The minimum absolute atomic E-state index is 0.202. The van der Waals surface area contributed by atoms with Crippen LogP contribution in [0.1, 0.15) is 61.0 Å². The lowest BCUT2D eigenvalue weighted by Gasteiger charge is -2.06. The maximum Gasteiger partial charge on any atom is 0.344 e. The molecule has 0 aliphatic rings. The summed E-state index contributed by atoms with van der Waals surface area (Å²) in [5, 5.41) is 0. The highest BCUT2D eigenvalue weighted by molar-refractivity contribution is 5.90. The Bertz CT molecular complexity index is 901. The van der Waals surface area contributed by atoms with E-state index in [0.717, 1.165) is 30.5 Å². The molecular weight excluding hydrogens is 360 g/mol.